The number of methoxy groups -OCH3 is 1. The van der Waals surface area contributed by atoms with Crippen molar-refractivity contribution in [3.8, 4) is 0 Å². The highest BCUT2D eigenvalue weighted by Crippen LogP contribution is 2.29. The Bertz CT molecular complexity index is 449. The molecule has 0 spiro atoms. The van der Waals surface area contributed by atoms with Crippen LogP contribution in [0.4, 0.5) is 10.1 Å². The quantitative estimate of drug-likeness (QED) is 0.647. The summed E-state index contributed by atoms with van der Waals surface area (Å²) in [5.41, 5.74) is 4.97. The molecule has 1 unspecified atom stereocenters. The zero-order chi connectivity index (χ0) is 13.9. The summed E-state index contributed by atoms with van der Waals surface area (Å²) in [4.78, 5) is 10.1. The van der Waals surface area contributed by atoms with E-state index in [2.05, 4.69) is 0 Å². The van der Waals surface area contributed by atoms with Gasteiger partial charge in [0.2, 0.25) is 0 Å². The van der Waals surface area contributed by atoms with E-state index in [1.807, 2.05) is 0 Å². The topological polar surface area (TPSA) is 78.4 Å². The molecular weight excluding hydrogens is 239 g/mol. The molecule has 1 aromatic rings. The molecular formula is C12H17FN2O3. The van der Waals surface area contributed by atoms with Gasteiger partial charge in [-0.3, -0.25) is 10.1 Å². The van der Waals surface area contributed by atoms with Gasteiger partial charge in [-0.25, -0.2) is 4.39 Å². The third kappa shape index (κ3) is 3.24. The largest absolute Gasteiger partial charge is 0.382 e. The van der Waals surface area contributed by atoms with E-state index in [0.29, 0.717) is 6.42 Å². The van der Waals surface area contributed by atoms with Crippen molar-refractivity contribution in [3.05, 3.63) is 39.7 Å². The van der Waals surface area contributed by atoms with Crippen molar-refractivity contribution in [3.63, 3.8) is 0 Å². The summed E-state index contributed by atoms with van der Waals surface area (Å²) in [6.45, 7) is 3.44. The van der Waals surface area contributed by atoms with Crippen LogP contribution in [-0.2, 0) is 10.3 Å². The smallest absolute Gasteiger partial charge is 0.269 e. The Morgan fingerprint density at radius 1 is 1.61 bits per heavy atom. The zero-order valence-corrected chi connectivity index (χ0v) is 10.6. The maximum atomic E-state index is 13.7. The maximum Gasteiger partial charge on any atom is 0.269 e. The van der Waals surface area contributed by atoms with Gasteiger partial charge >= 0.3 is 0 Å². The molecule has 6 heteroatoms. The average molecular weight is 256 g/mol. The van der Waals surface area contributed by atoms with Gasteiger partial charge < -0.3 is 10.5 Å². The number of non-ortho nitro benzene ring substituents is 1. The number of nitro benzene ring substituents is 1. The summed E-state index contributed by atoms with van der Waals surface area (Å²) in [6.07, 6.45) is 0.195. The van der Waals surface area contributed by atoms with Crippen LogP contribution in [0.5, 0.6) is 0 Å². The average Bonchev–Trinajstić information content (AvgIpc) is 2.28. The Kier molecular flexibility index (Phi) is 4.37. The minimum absolute atomic E-state index is 0.126. The summed E-state index contributed by atoms with van der Waals surface area (Å²) in [7, 11) is 1.53. The minimum Gasteiger partial charge on any atom is -0.382 e. The van der Waals surface area contributed by atoms with Gasteiger partial charge in [0, 0.05) is 30.3 Å². The molecule has 0 bridgehead atoms. The number of nitrogens with zero attached hydrogens (tertiary/aromatic N) is 1. The van der Waals surface area contributed by atoms with Crippen LogP contribution in [0, 0.1) is 15.9 Å². The van der Waals surface area contributed by atoms with E-state index in [9.17, 15) is 14.5 Å². The number of rotatable bonds is 5. The molecule has 5 nitrogen and oxygen atoms in total. The molecule has 0 aliphatic rings. The fourth-order valence-electron chi connectivity index (χ4n) is 1.85. The molecule has 1 rings (SSSR count). The fraction of sp³-hybridized carbons (Fsp3) is 0.500. The molecule has 0 fully saturated rings. The van der Waals surface area contributed by atoms with Crippen LogP contribution in [0.3, 0.4) is 0 Å². The SMILES string of the molecule is COC(C)C[C@](C)(N)c1cc([N+](=O)[O-])ccc1F. The predicted octanol–water partition coefficient (Wildman–Crippen LogP) is 2.33. The van der Waals surface area contributed by atoms with Crippen molar-refractivity contribution in [2.75, 3.05) is 7.11 Å². The molecule has 2 N–H and O–H groups in total. The number of hydrogen-bond acceptors (Lipinski definition) is 4. The van der Waals surface area contributed by atoms with E-state index in [1.54, 1.807) is 13.8 Å². The molecule has 0 saturated carbocycles. The maximum absolute atomic E-state index is 13.7. The van der Waals surface area contributed by atoms with Crippen molar-refractivity contribution in [1.82, 2.24) is 0 Å². The molecule has 0 aliphatic heterocycles. The van der Waals surface area contributed by atoms with Crippen molar-refractivity contribution in [1.29, 1.82) is 0 Å². The molecule has 0 heterocycles. The molecule has 0 radical (unpaired) electrons. The van der Waals surface area contributed by atoms with Crippen molar-refractivity contribution in [2.24, 2.45) is 5.73 Å². The highest BCUT2D eigenvalue weighted by Gasteiger charge is 2.28. The lowest BCUT2D eigenvalue weighted by molar-refractivity contribution is -0.385. The number of nitrogens with two attached hydrogens (primary N) is 1. The summed E-state index contributed by atoms with van der Waals surface area (Å²) in [5.74, 6) is -0.547. The third-order valence-electron chi connectivity index (χ3n) is 2.89. The lowest BCUT2D eigenvalue weighted by Gasteiger charge is -2.28. The first-order valence-corrected chi connectivity index (χ1v) is 5.54. The zero-order valence-electron chi connectivity index (χ0n) is 10.6. The van der Waals surface area contributed by atoms with Crippen LogP contribution < -0.4 is 5.73 Å². The first-order valence-electron chi connectivity index (χ1n) is 5.54. The Labute approximate surface area is 105 Å². The molecule has 1 aromatic carbocycles. The second-order valence-corrected chi connectivity index (χ2v) is 4.59. The van der Waals surface area contributed by atoms with Gasteiger partial charge in [-0.2, -0.15) is 0 Å². The second-order valence-electron chi connectivity index (χ2n) is 4.59. The molecule has 0 aromatic heterocycles. The van der Waals surface area contributed by atoms with Crippen molar-refractivity contribution < 1.29 is 14.1 Å². The van der Waals surface area contributed by atoms with Gasteiger partial charge in [-0.05, 0) is 26.3 Å². The normalized spacial score (nSPS) is 16.1. The summed E-state index contributed by atoms with van der Waals surface area (Å²) in [5, 5.41) is 10.7. The minimum atomic E-state index is -1.02. The highest BCUT2D eigenvalue weighted by atomic mass is 19.1. The van der Waals surface area contributed by atoms with Gasteiger partial charge in [0.1, 0.15) is 5.82 Å². The van der Waals surface area contributed by atoms with Crippen LogP contribution in [0.25, 0.3) is 0 Å². The Balaban J connectivity index is 3.13. The van der Waals surface area contributed by atoms with E-state index < -0.39 is 16.3 Å². The number of benzene rings is 1. The molecule has 18 heavy (non-hydrogen) atoms. The predicted molar refractivity (Wildman–Crippen MR) is 65.7 cm³/mol. The first kappa shape index (κ1) is 14.5. The van der Waals surface area contributed by atoms with E-state index in [0.717, 1.165) is 12.1 Å². The highest BCUT2D eigenvalue weighted by molar-refractivity contribution is 5.38. The third-order valence-corrected chi connectivity index (χ3v) is 2.89. The van der Waals surface area contributed by atoms with E-state index in [-0.39, 0.29) is 17.4 Å². The van der Waals surface area contributed by atoms with E-state index >= 15 is 0 Å². The number of nitro groups is 1. The van der Waals surface area contributed by atoms with Gasteiger partial charge in [-0.1, -0.05) is 0 Å². The lowest BCUT2D eigenvalue weighted by atomic mass is 9.87. The first-order chi connectivity index (χ1) is 8.27. The molecule has 0 amide bonds. The van der Waals surface area contributed by atoms with Crippen molar-refractivity contribution >= 4 is 5.69 Å². The summed E-state index contributed by atoms with van der Waals surface area (Å²) < 4.78 is 18.8. The Morgan fingerprint density at radius 3 is 2.72 bits per heavy atom. The van der Waals surface area contributed by atoms with Gasteiger partial charge in [0.05, 0.1) is 11.0 Å². The molecule has 2 atom stereocenters. The monoisotopic (exact) mass is 256 g/mol. The van der Waals surface area contributed by atoms with Crippen LogP contribution in [-0.4, -0.2) is 18.1 Å². The van der Waals surface area contributed by atoms with Crippen LogP contribution >= 0.6 is 0 Å². The van der Waals surface area contributed by atoms with E-state index in [1.165, 1.54) is 13.2 Å². The fourth-order valence-corrected chi connectivity index (χ4v) is 1.85. The Hall–Kier alpha value is -1.53. The van der Waals surface area contributed by atoms with Crippen LogP contribution in [0.2, 0.25) is 0 Å². The van der Waals surface area contributed by atoms with Gasteiger partial charge in [0.15, 0.2) is 0 Å². The van der Waals surface area contributed by atoms with Gasteiger partial charge in [-0.15, -0.1) is 0 Å². The number of ether oxygens (including phenoxy) is 1. The lowest BCUT2D eigenvalue weighted by Crippen LogP contribution is -2.37. The Morgan fingerprint density at radius 2 is 2.22 bits per heavy atom. The number of hydrogen-bond donors (Lipinski definition) is 1. The van der Waals surface area contributed by atoms with Gasteiger partial charge in [0.25, 0.3) is 5.69 Å². The molecule has 0 aliphatic carbocycles. The summed E-state index contributed by atoms with van der Waals surface area (Å²) >= 11 is 0. The second kappa shape index (κ2) is 5.41. The van der Waals surface area contributed by atoms with Crippen LogP contribution in [0.15, 0.2) is 18.2 Å². The van der Waals surface area contributed by atoms with Crippen molar-refractivity contribution in [2.45, 2.75) is 31.9 Å². The standard InChI is InChI=1S/C12H17FN2O3/c1-8(18-3)7-12(2,14)10-6-9(15(16)17)4-5-11(10)13/h4-6,8H,7,14H2,1-3H3/t8?,12-/m0/s1. The molecule has 0 saturated heterocycles. The summed E-state index contributed by atoms with van der Waals surface area (Å²) in [6, 6.07) is 3.36. The van der Waals surface area contributed by atoms with E-state index in [4.69, 9.17) is 10.5 Å². The van der Waals surface area contributed by atoms with Crippen LogP contribution in [0.1, 0.15) is 25.8 Å². The molecule has 100 valence electrons. The number of halogens is 1.